The molecule has 0 fully saturated rings. The van der Waals surface area contributed by atoms with Gasteiger partial charge < -0.3 is 9.47 Å². The van der Waals surface area contributed by atoms with Crippen LogP contribution in [-0.4, -0.2) is 24.6 Å². The van der Waals surface area contributed by atoms with Crippen molar-refractivity contribution < 1.29 is 19.1 Å². The largest absolute Gasteiger partial charge is 0.462 e. The molecule has 1 rings (SSSR count). The van der Waals surface area contributed by atoms with E-state index in [2.05, 4.69) is 20.8 Å². The number of carbonyl (C=O) groups is 2. The summed E-state index contributed by atoms with van der Waals surface area (Å²) in [7, 11) is 0. The number of hydrogen-bond donors (Lipinski definition) is 0. The summed E-state index contributed by atoms with van der Waals surface area (Å²) in [5.74, 6) is -0.246. The summed E-state index contributed by atoms with van der Waals surface area (Å²) in [4.78, 5) is 25.3. The summed E-state index contributed by atoms with van der Waals surface area (Å²) >= 11 is 0. The van der Waals surface area contributed by atoms with E-state index in [-0.39, 0.29) is 6.10 Å². The highest BCUT2D eigenvalue weighted by Crippen LogP contribution is 2.17. The van der Waals surface area contributed by atoms with E-state index in [1.54, 1.807) is 24.3 Å². The molecule has 0 spiro atoms. The van der Waals surface area contributed by atoms with Crippen molar-refractivity contribution >= 4 is 11.9 Å². The first-order valence-electron chi connectivity index (χ1n) is 14.9. The molecule has 1 atom stereocenters. The average molecular weight is 503 g/mol. The van der Waals surface area contributed by atoms with Crippen molar-refractivity contribution in [2.45, 2.75) is 143 Å². The Balaban J connectivity index is 2.17. The first-order chi connectivity index (χ1) is 17.5. The molecule has 1 unspecified atom stereocenters. The van der Waals surface area contributed by atoms with Crippen LogP contribution in [0.2, 0.25) is 0 Å². The molecular formula is C32H54O4. The van der Waals surface area contributed by atoms with E-state index in [0.29, 0.717) is 23.7 Å². The quantitative estimate of drug-likeness (QED) is 0.117. The van der Waals surface area contributed by atoms with Crippen LogP contribution in [0.25, 0.3) is 0 Å². The number of unbranched alkanes of at least 4 members (excludes halogenated alkanes) is 13. The molecule has 0 aliphatic carbocycles. The van der Waals surface area contributed by atoms with E-state index in [9.17, 15) is 9.59 Å². The normalized spacial score (nSPS) is 12.0. The molecule has 0 bridgehead atoms. The lowest BCUT2D eigenvalue weighted by molar-refractivity contribution is 0.0306. The van der Waals surface area contributed by atoms with Gasteiger partial charge in [0.25, 0.3) is 0 Å². The fourth-order valence-corrected chi connectivity index (χ4v) is 4.50. The summed E-state index contributed by atoms with van der Waals surface area (Å²) < 4.78 is 11.1. The molecule has 0 radical (unpaired) electrons. The van der Waals surface area contributed by atoms with Gasteiger partial charge in [0.15, 0.2) is 0 Å². The van der Waals surface area contributed by atoms with Gasteiger partial charge in [-0.2, -0.15) is 0 Å². The summed E-state index contributed by atoms with van der Waals surface area (Å²) in [6, 6.07) is 6.80. The molecule has 0 N–H and O–H groups in total. The first kappa shape index (κ1) is 32.2. The topological polar surface area (TPSA) is 52.6 Å². The Morgan fingerprint density at radius 3 is 1.61 bits per heavy atom. The zero-order valence-corrected chi connectivity index (χ0v) is 23.8. The molecule has 4 heteroatoms. The molecule has 1 aromatic carbocycles. The zero-order valence-electron chi connectivity index (χ0n) is 23.8. The van der Waals surface area contributed by atoms with Gasteiger partial charge in [0.1, 0.15) is 0 Å². The predicted octanol–water partition coefficient (Wildman–Crippen LogP) is 9.70. The van der Waals surface area contributed by atoms with E-state index in [0.717, 1.165) is 32.1 Å². The van der Waals surface area contributed by atoms with Crippen molar-refractivity contribution in [2.24, 2.45) is 5.92 Å². The van der Waals surface area contributed by atoms with Gasteiger partial charge in [-0.1, -0.05) is 123 Å². The molecule has 4 nitrogen and oxygen atoms in total. The highest BCUT2D eigenvalue weighted by atomic mass is 16.5. The Morgan fingerprint density at radius 1 is 0.639 bits per heavy atom. The van der Waals surface area contributed by atoms with Gasteiger partial charge in [-0.25, -0.2) is 9.59 Å². The highest BCUT2D eigenvalue weighted by molar-refractivity contribution is 6.03. The van der Waals surface area contributed by atoms with Crippen LogP contribution >= 0.6 is 0 Å². The maximum atomic E-state index is 12.7. The van der Waals surface area contributed by atoms with Crippen molar-refractivity contribution in [1.82, 2.24) is 0 Å². The van der Waals surface area contributed by atoms with Crippen LogP contribution in [0.3, 0.4) is 0 Å². The van der Waals surface area contributed by atoms with Gasteiger partial charge in [-0.3, -0.25) is 0 Å². The maximum absolute atomic E-state index is 12.7. The third-order valence-electron chi connectivity index (χ3n) is 6.80. The standard InChI is InChI=1S/C32H54O4/c1-5-6-7-8-9-10-11-12-13-14-15-16-17-20-26-35-31(33)29-24-18-19-25-30(29)32(34)36-28(4)23-21-22-27(2)3/h18-19,24-25,27-28H,5-17,20-23,26H2,1-4H3. The molecule has 0 aliphatic heterocycles. The van der Waals surface area contributed by atoms with Crippen molar-refractivity contribution in [3.63, 3.8) is 0 Å². The Hall–Kier alpha value is -1.84. The van der Waals surface area contributed by atoms with Gasteiger partial charge in [0, 0.05) is 0 Å². The number of hydrogen-bond acceptors (Lipinski definition) is 4. The average Bonchev–Trinajstić information content (AvgIpc) is 2.86. The van der Waals surface area contributed by atoms with Crippen molar-refractivity contribution in [1.29, 1.82) is 0 Å². The first-order valence-corrected chi connectivity index (χ1v) is 14.9. The molecule has 206 valence electrons. The Bertz CT molecular complexity index is 697. The molecule has 0 aromatic heterocycles. The lowest BCUT2D eigenvalue weighted by Gasteiger charge is -2.15. The molecule has 0 saturated carbocycles. The Morgan fingerprint density at radius 2 is 1.11 bits per heavy atom. The van der Waals surface area contributed by atoms with Gasteiger partial charge in [-0.05, 0) is 44.2 Å². The van der Waals surface area contributed by atoms with E-state index in [4.69, 9.17) is 9.47 Å². The SMILES string of the molecule is CCCCCCCCCCCCCCCCOC(=O)c1ccccc1C(=O)OC(C)CCCC(C)C. The van der Waals surface area contributed by atoms with Crippen LogP contribution in [0.5, 0.6) is 0 Å². The van der Waals surface area contributed by atoms with Crippen molar-refractivity contribution in [3.8, 4) is 0 Å². The Labute approximate surface area is 221 Å². The Kier molecular flexibility index (Phi) is 19.0. The van der Waals surface area contributed by atoms with Gasteiger partial charge in [-0.15, -0.1) is 0 Å². The molecule has 0 heterocycles. The van der Waals surface area contributed by atoms with Crippen LogP contribution < -0.4 is 0 Å². The van der Waals surface area contributed by atoms with Gasteiger partial charge in [0.2, 0.25) is 0 Å². The number of esters is 2. The fourth-order valence-electron chi connectivity index (χ4n) is 4.50. The second-order valence-corrected chi connectivity index (χ2v) is 10.8. The van der Waals surface area contributed by atoms with Gasteiger partial charge in [0.05, 0.1) is 23.8 Å². The minimum absolute atomic E-state index is 0.170. The van der Waals surface area contributed by atoms with Crippen LogP contribution in [0.4, 0.5) is 0 Å². The summed E-state index contributed by atoms with van der Waals surface area (Å²) in [6.07, 6.45) is 20.9. The second-order valence-electron chi connectivity index (χ2n) is 10.8. The van der Waals surface area contributed by atoms with Crippen LogP contribution in [0.1, 0.15) is 158 Å². The predicted molar refractivity (Wildman–Crippen MR) is 151 cm³/mol. The van der Waals surface area contributed by atoms with E-state index >= 15 is 0 Å². The smallest absolute Gasteiger partial charge is 0.339 e. The van der Waals surface area contributed by atoms with Crippen LogP contribution in [0, 0.1) is 5.92 Å². The molecule has 0 aliphatic rings. The third-order valence-corrected chi connectivity index (χ3v) is 6.80. The molecule has 0 saturated heterocycles. The fraction of sp³-hybridized carbons (Fsp3) is 0.750. The number of benzene rings is 1. The van der Waals surface area contributed by atoms with E-state index < -0.39 is 11.9 Å². The highest BCUT2D eigenvalue weighted by Gasteiger charge is 2.20. The minimum atomic E-state index is -0.448. The monoisotopic (exact) mass is 502 g/mol. The molecule has 1 aromatic rings. The van der Waals surface area contributed by atoms with Crippen LogP contribution in [-0.2, 0) is 9.47 Å². The summed E-state index contributed by atoms with van der Waals surface area (Å²) in [6.45, 7) is 8.96. The molecule has 36 heavy (non-hydrogen) atoms. The summed E-state index contributed by atoms with van der Waals surface area (Å²) in [5, 5.41) is 0. The minimum Gasteiger partial charge on any atom is -0.462 e. The summed E-state index contributed by atoms with van der Waals surface area (Å²) in [5.41, 5.74) is 0.585. The lowest BCUT2D eigenvalue weighted by atomic mass is 10.0. The number of ether oxygens (including phenoxy) is 2. The maximum Gasteiger partial charge on any atom is 0.339 e. The van der Waals surface area contributed by atoms with Gasteiger partial charge >= 0.3 is 11.9 Å². The third kappa shape index (κ3) is 16.0. The second kappa shape index (κ2) is 21.3. The zero-order chi connectivity index (χ0) is 26.4. The molecular weight excluding hydrogens is 448 g/mol. The van der Waals surface area contributed by atoms with Crippen molar-refractivity contribution in [3.05, 3.63) is 35.4 Å². The van der Waals surface area contributed by atoms with E-state index in [1.165, 1.54) is 77.0 Å². The van der Waals surface area contributed by atoms with Crippen molar-refractivity contribution in [2.75, 3.05) is 6.61 Å². The number of carbonyl (C=O) groups excluding carboxylic acids is 2. The van der Waals surface area contributed by atoms with E-state index in [1.807, 2.05) is 6.92 Å². The lowest BCUT2D eigenvalue weighted by Crippen LogP contribution is -2.19. The molecule has 0 amide bonds. The van der Waals surface area contributed by atoms with Crippen LogP contribution in [0.15, 0.2) is 24.3 Å². The number of rotatable bonds is 22.